The van der Waals surface area contributed by atoms with Crippen LogP contribution in [0.25, 0.3) is 11.4 Å². The molecule has 2 aromatic carbocycles. The first-order chi connectivity index (χ1) is 13.7. The van der Waals surface area contributed by atoms with Crippen molar-refractivity contribution in [2.24, 2.45) is 0 Å². The number of hydrogen-bond acceptors (Lipinski definition) is 6. The van der Waals surface area contributed by atoms with Gasteiger partial charge < -0.3 is 15.0 Å². The molecule has 144 valence electrons. The molecular formula is C19H19ClN6O2. The Hall–Kier alpha value is -2.97. The molecule has 0 saturated carbocycles. The summed E-state index contributed by atoms with van der Waals surface area (Å²) in [5.74, 6) is 0.221. The third-order valence-corrected chi connectivity index (χ3v) is 4.59. The highest BCUT2D eigenvalue weighted by Gasteiger charge is 2.17. The fourth-order valence-electron chi connectivity index (χ4n) is 3.02. The summed E-state index contributed by atoms with van der Waals surface area (Å²) in [4.78, 5) is 16.0. The topological polar surface area (TPSA) is 85.2 Å². The summed E-state index contributed by atoms with van der Waals surface area (Å²) in [6.07, 6.45) is 0. The van der Waals surface area contributed by atoms with Crippen molar-refractivity contribution in [2.75, 3.05) is 36.5 Å². The minimum absolute atomic E-state index is 0.0467. The molecule has 0 aliphatic carbocycles. The first kappa shape index (κ1) is 18.4. The van der Waals surface area contributed by atoms with Gasteiger partial charge in [0.25, 0.3) is 0 Å². The largest absolute Gasteiger partial charge is 0.378 e. The van der Waals surface area contributed by atoms with Crippen LogP contribution in [0.15, 0.2) is 48.5 Å². The van der Waals surface area contributed by atoms with Crippen molar-refractivity contribution < 1.29 is 9.53 Å². The average Bonchev–Trinajstić information content (AvgIpc) is 3.18. The summed E-state index contributed by atoms with van der Waals surface area (Å²) in [6, 6.07) is 15.0. The Morgan fingerprint density at radius 2 is 1.93 bits per heavy atom. The molecule has 0 atom stereocenters. The van der Waals surface area contributed by atoms with Gasteiger partial charge in [0.1, 0.15) is 6.54 Å². The molecule has 28 heavy (non-hydrogen) atoms. The van der Waals surface area contributed by atoms with E-state index in [1.165, 1.54) is 4.80 Å². The van der Waals surface area contributed by atoms with Crippen molar-refractivity contribution in [1.29, 1.82) is 0 Å². The van der Waals surface area contributed by atoms with Gasteiger partial charge in [-0.05, 0) is 23.4 Å². The van der Waals surface area contributed by atoms with Gasteiger partial charge in [-0.1, -0.05) is 41.9 Å². The molecule has 2 heterocycles. The van der Waals surface area contributed by atoms with Gasteiger partial charge in [-0.25, -0.2) is 0 Å². The summed E-state index contributed by atoms with van der Waals surface area (Å²) in [5, 5.41) is 15.7. The van der Waals surface area contributed by atoms with E-state index in [-0.39, 0.29) is 12.5 Å². The van der Waals surface area contributed by atoms with Crippen LogP contribution >= 0.6 is 11.6 Å². The second-order valence-electron chi connectivity index (χ2n) is 6.32. The number of benzene rings is 2. The second-order valence-corrected chi connectivity index (χ2v) is 6.75. The van der Waals surface area contributed by atoms with Crippen LogP contribution in [0.5, 0.6) is 0 Å². The van der Waals surface area contributed by atoms with E-state index in [2.05, 4.69) is 25.6 Å². The molecule has 0 spiro atoms. The van der Waals surface area contributed by atoms with Crippen LogP contribution in [-0.4, -0.2) is 52.4 Å². The van der Waals surface area contributed by atoms with E-state index in [0.717, 1.165) is 24.3 Å². The molecule has 1 aliphatic rings. The first-order valence-corrected chi connectivity index (χ1v) is 9.32. The van der Waals surface area contributed by atoms with Crippen molar-refractivity contribution >= 4 is 28.9 Å². The molecule has 1 fully saturated rings. The number of carbonyl (C=O) groups is 1. The third-order valence-electron chi connectivity index (χ3n) is 4.35. The smallest absolute Gasteiger partial charge is 0.248 e. The van der Waals surface area contributed by atoms with Crippen LogP contribution in [0.3, 0.4) is 0 Å². The molecule has 8 nitrogen and oxygen atoms in total. The zero-order valence-electron chi connectivity index (χ0n) is 15.1. The molecule has 9 heteroatoms. The number of ether oxygens (including phenoxy) is 1. The number of anilines is 2. The summed E-state index contributed by atoms with van der Waals surface area (Å²) in [5.41, 5.74) is 2.42. The van der Waals surface area contributed by atoms with Gasteiger partial charge in [0, 0.05) is 23.7 Å². The standard InChI is InChI=1S/C19H19ClN6O2/c20-15-6-7-17(25-8-10-28-11-9-25)16(12-15)21-18(27)13-26-23-19(22-24-26)14-4-2-1-3-5-14/h1-7,12H,8-11,13H2,(H,21,27). The minimum atomic E-state index is -0.256. The number of carbonyl (C=O) groups excluding carboxylic acids is 1. The van der Waals surface area contributed by atoms with E-state index in [4.69, 9.17) is 16.3 Å². The van der Waals surface area contributed by atoms with E-state index in [1.54, 1.807) is 6.07 Å². The second kappa shape index (κ2) is 8.37. The lowest BCUT2D eigenvalue weighted by Gasteiger charge is -2.30. The zero-order valence-corrected chi connectivity index (χ0v) is 15.8. The third kappa shape index (κ3) is 4.29. The van der Waals surface area contributed by atoms with Crippen LogP contribution in [0.1, 0.15) is 0 Å². The summed E-state index contributed by atoms with van der Waals surface area (Å²) in [7, 11) is 0. The Kier molecular flexibility index (Phi) is 5.50. The number of nitrogens with zero attached hydrogens (tertiary/aromatic N) is 5. The Bertz CT molecular complexity index is 956. The van der Waals surface area contributed by atoms with Crippen molar-refractivity contribution in [3.05, 3.63) is 53.6 Å². The van der Waals surface area contributed by atoms with Crippen molar-refractivity contribution in [1.82, 2.24) is 20.2 Å². The quantitative estimate of drug-likeness (QED) is 0.710. The van der Waals surface area contributed by atoms with Gasteiger partial charge in [0.15, 0.2) is 0 Å². The van der Waals surface area contributed by atoms with E-state index < -0.39 is 0 Å². The van der Waals surface area contributed by atoms with Crippen LogP contribution in [0.4, 0.5) is 11.4 Å². The Labute approximate surface area is 167 Å². The number of amides is 1. The van der Waals surface area contributed by atoms with Crippen LogP contribution < -0.4 is 10.2 Å². The number of nitrogens with one attached hydrogen (secondary N) is 1. The van der Waals surface area contributed by atoms with Crippen molar-refractivity contribution in [3.8, 4) is 11.4 Å². The number of tetrazole rings is 1. The fraction of sp³-hybridized carbons (Fsp3) is 0.263. The lowest BCUT2D eigenvalue weighted by Crippen LogP contribution is -2.36. The highest BCUT2D eigenvalue weighted by molar-refractivity contribution is 6.31. The highest BCUT2D eigenvalue weighted by atomic mass is 35.5. The molecule has 0 unspecified atom stereocenters. The minimum Gasteiger partial charge on any atom is -0.378 e. The number of morpholine rings is 1. The molecule has 1 aliphatic heterocycles. The summed E-state index contributed by atoms with van der Waals surface area (Å²) >= 11 is 6.14. The lowest BCUT2D eigenvalue weighted by atomic mass is 10.2. The normalized spacial score (nSPS) is 14.1. The van der Waals surface area contributed by atoms with E-state index >= 15 is 0 Å². The first-order valence-electron chi connectivity index (χ1n) is 8.94. The maximum Gasteiger partial charge on any atom is 0.248 e. The number of hydrogen-bond donors (Lipinski definition) is 1. The number of halogens is 1. The Balaban J connectivity index is 1.47. The van der Waals surface area contributed by atoms with Crippen molar-refractivity contribution in [2.45, 2.75) is 6.54 Å². The molecule has 3 aromatic rings. The average molecular weight is 399 g/mol. The maximum atomic E-state index is 12.5. The van der Waals surface area contributed by atoms with Gasteiger partial charge in [-0.15, -0.1) is 10.2 Å². The number of aromatic nitrogens is 4. The van der Waals surface area contributed by atoms with E-state index in [9.17, 15) is 4.79 Å². The van der Waals surface area contributed by atoms with Crippen LogP contribution in [-0.2, 0) is 16.1 Å². The predicted molar refractivity (Wildman–Crippen MR) is 106 cm³/mol. The molecule has 0 radical (unpaired) electrons. The molecule has 1 amide bonds. The Morgan fingerprint density at radius 3 is 2.71 bits per heavy atom. The predicted octanol–water partition coefficient (Wildman–Crippen LogP) is 2.47. The molecule has 1 saturated heterocycles. The SMILES string of the molecule is O=C(Cn1nnc(-c2ccccc2)n1)Nc1cc(Cl)ccc1N1CCOCC1. The van der Waals surface area contributed by atoms with Crippen LogP contribution in [0.2, 0.25) is 5.02 Å². The van der Waals surface area contributed by atoms with E-state index in [1.807, 2.05) is 42.5 Å². The zero-order chi connectivity index (χ0) is 19.3. The molecular weight excluding hydrogens is 380 g/mol. The fourth-order valence-corrected chi connectivity index (χ4v) is 3.19. The monoisotopic (exact) mass is 398 g/mol. The highest BCUT2D eigenvalue weighted by Crippen LogP contribution is 2.30. The summed E-state index contributed by atoms with van der Waals surface area (Å²) < 4.78 is 5.40. The van der Waals surface area contributed by atoms with Gasteiger partial charge >= 0.3 is 0 Å². The summed E-state index contributed by atoms with van der Waals surface area (Å²) in [6.45, 7) is 2.78. The number of rotatable bonds is 5. The van der Waals surface area contributed by atoms with Gasteiger partial charge in [0.2, 0.25) is 11.7 Å². The van der Waals surface area contributed by atoms with Gasteiger partial charge in [0.05, 0.1) is 24.6 Å². The Morgan fingerprint density at radius 1 is 1.14 bits per heavy atom. The van der Waals surface area contributed by atoms with Crippen LogP contribution in [0, 0.1) is 0 Å². The molecule has 1 N–H and O–H groups in total. The van der Waals surface area contributed by atoms with E-state index in [0.29, 0.717) is 29.7 Å². The van der Waals surface area contributed by atoms with Gasteiger partial charge in [-0.3, -0.25) is 4.79 Å². The molecule has 4 rings (SSSR count). The maximum absolute atomic E-state index is 12.5. The van der Waals surface area contributed by atoms with Crippen molar-refractivity contribution in [3.63, 3.8) is 0 Å². The lowest BCUT2D eigenvalue weighted by molar-refractivity contribution is -0.117. The molecule has 0 bridgehead atoms. The molecule has 1 aromatic heterocycles. The van der Waals surface area contributed by atoms with Gasteiger partial charge in [-0.2, -0.15) is 4.80 Å².